The van der Waals surface area contributed by atoms with Crippen LogP contribution in [-0.4, -0.2) is 29.8 Å². The Morgan fingerprint density at radius 1 is 1.19 bits per heavy atom. The number of carbonyl (C=O) groups excluding carboxylic acids is 2. The molecule has 4 heteroatoms. The predicted molar refractivity (Wildman–Crippen MR) is 80.4 cm³/mol. The Morgan fingerprint density at radius 2 is 1.81 bits per heavy atom. The lowest BCUT2D eigenvalue weighted by Gasteiger charge is -2.25. The van der Waals surface area contributed by atoms with Crippen LogP contribution in [0.1, 0.15) is 38.2 Å². The highest BCUT2D eigenvalue weighted by Crippen LogP contribution is 2.50. The smallest absolute Gasteiger partial charge is 0.238 e. The van der Waals surface area contributed by atoms with Gasteiger partial charge in [-0.25, -0.2) is 0 Å². The first kappa shape index (κ1) is 14.1. The molecular formula is C17H22N2O2. The van der Waals surface area contributed by atoms with E-state index in [1.165, 1.54) is 5.56 Å². The molecule has 1 saturated carbocycles. The molecule has 1 saturated heterocycles. The first-order valence-electron chi connectivity index (χ1n) is 7.51. The summed E-state index contributed by atoms with van der Waals surface area (Å²) in [4.78, 5) is 26.1. The topological polar surface area (TPSA) is 63.4 Å². The number of hydrogen-bond acceptors (Lipinski definition) is 2. The van der Waals surface area contributed by atoms with Crippen LogP contribution in [0.2, 0.25) is 0 Å². The summed E-state index contributed by atoms with van der Waals surface area (Å²) >= 11 is 0. The molecule has 2 N–H and O–H groups in total. The zero-order chi connectivity index (χ0) is 15.3. The van der Waals surface area contributed by atoms with Crippen molar-refractivity contribution in [1.29, 1.82) is 0 Å². The molecule has 1 atom stereocenters. The van der Waals surface area contributed by atoms with Crippen molar-refractivity contribution >= 4 is 11.8 Å². The lowest BCUT2D eigenvalue weighted by molar-refractivity contribution is -0.142. The van der Waals surface area contributed by atoms with Crippen LogP contribution in [0.3, 0.4) is 0 Å². The number of hydrogen-bond donors (Lipinski definition) is 1. The van der Waals surface area contributed by atoms with Crippen molar-refractivity contribution in [1.82, 2.24) is 4.90 Å². The summed E-state index contributed by atoms with van der Waals surface area (Å²) in [5, 5.41) is 0. The minimum atomic E-state index is -0.901. The van der Waals surface area contributed by atoms with Crippen LogP contribution in [0.15, 0.2) is 30.3 Å². The summed E-state index contributed by atoms with van der Waals surface area (Å²) in [6, 6.07) is 10.3. The van der Waals surface area contributed by atoms with Gasteiger partial charge >= 0.3 is 0 Å². The standard InChI is InChI=1S/C17H22N2O2/c1-16(2)11-19(15(21)17(8-9-17)14(18)20)10-13(16)12-6-4-3-5-7-12/h3-7,13H,8-11H2,1-2H3,(H2,18,20)/t13-/m1/s1. The van der Waals surface area contributed by atoms with Gasteiger partial charge in [-0.2, -0.15) is 0 Å². The number of primary amides is 1. The van der Waals surface area contributed by atoms with E-state index in [1.54, 1.807) is 0 Å². The summed E-state index contributed by atoms with van der Waals surface area (Å²) in [5.74, 6) is -0.235. The highest BCUT2D eigenvalue weighted by atomic mass is 16.2. The number of likely N-dealkylation sites (tertiary alicyclic amines) is 1. The van der Waals surface area contributed by atoms with Crippen molar-refractivity contribution in [3.63, 3.8) is 0 Å². The summed E-state index contributed by atoms with van der Waals surface area (Å²) in [7, 11) is 0. The summed E-state index contributed by atoms with van der Waals surface area (Å²) in [6.07, 6.45) is 1.21. The summed E-state index contributed by atoms with van der Waals surface area (Å²) in [6.45, 7) is 5.72. The Hall–Kier alpha value is -1.84. The van der Waals surface area contributed by atoms with Gasteiger partial charge in [0.1, 0.15) is 5.41 Å². The third-order valence-electron chi connectivity index (χ3n) is 5.06. The molecular weight excluding hydrogens is 264 g/mol. The van der Waals surface area contributed by atoms with Gasteiger partial charge in [0.05, 0.1) is 0 Å². The molecule has 0 bridgehead atoms. The van der Waals surface area contributed by atoms with E-state index in [9.17, 15) is 9.59 Å². The fourth-order valence-corrected chi connectivity index (χ4v) is 3.52. The number of rotatable bonds is 3. The number of benzene rings is 1. The molecule has 4 nitrogen and oxygen atoms in total. The zero-order valence-electron chi connectivity index (χ0n) is 12.6. The molecule has 21 heavy (non-hydrogen) atoms. The zero-order valence-corrected chi connectivity index (χ0v) is 12.6. The SMILES string of the molecule is CC1(C)CN(C(=O)C2(C(N)=O)CC2)C[C@@H]1c1ccccc1. The van der Waals surface area contributed by atoms with Crippen LogP contribution in [0.5, 0.6) is 0 Å². The maximum Gasteiger partial charge on any atom is 0.238 e. The lowest BCUT2D eigenvalue weighted by atomic mass is 9.78. The lowest BCUT2D eigenvalue weighted by Crippen LogP contribution is -2.42. The maximum atomic E-state index is 12.7. The second kappa shape index (κ2) is 4.58. The normalized spacial score (nSPS) is 25.6. The van der Waals surface area contributed by atoms with E-state index in [-0.39, 0.29) is 11.3 Å². The first-order chi connectivity index (χ1) is 9.87. The van der Waals surface area contributed by atoms with Gasteiger partial charge in [-0.15, -0.1) is 0 Å². The molecule has 0 unspecified atom stereocenters. The van der Waals surface area contributed by atoms with E-state index in [2.05, 4.69) is 26.0 Å². The third-order valence-corrected chi connectivity index (χ3v) is 5.06. The van der Waals surface area contributed by atoms with Crippen LogP contribution >= 0.6 is 0 Å². The van der Waals surface area contributed by atoms with Gasteiger partial charge in [0, 0.05) is 19.0 Å². The second-order valence-corrected chi connectivity index (χ2v) is 7.08. The molecule has 2 amide bonds. The Bertz CT molecular complexity index is 576. The Kier molecular flexibility index (Phi) is 3.08. The van der Waals surface area contributed by atoms with Crippen molar-refractivity contribution in [2.75, 3.05) is 13.1 Å². The van der Waals surface area contributed by atoms with Gasteiger partial charge in [-0.1, -0.05) is 44.2 Å². The molecule has 1 aromatic carbocycles. The monoisotopic (exact) mass is 286 g/mol. The van der Waals surface area contributed by atoms with Crippen LogP contribution in [0, 0.1) is 10.8 Å². The van der Waals surface area contributed by atoms with Crippen LogP contribution < -0.4 is 5.73 Å². The van der Waals surface area contributed by atoms with Gasteiger partial charge < -0.3 is 10.6 Å². The summed E-state index contributed by atoms with van der Waals surface area (Å²) in [5.41, 5.74) is 5.78. The van der Waals surface area contributed by atoms with E-state index in [0.717, 1.165) is 0 Å². The molecule has 0 spiro atoms. The van der Waals surface area contributed by atoms with E-state index >= 15 is 0 Å². The predicted octanol–water partition coefficient (Wildman–Crippen LogP) is 1.90. The number of amides is 2. The quantitative estimate of drug-likeness (QED) is 0.863. The van der Waals surface area contributed by atoms with Gasteiger partial charge in [-0.3, -0.25) is 9.59 Å². The van der Waals surface area contributed by atoms with Crippen LogP contribution in [-0.2, 0) is 9.59 Å². The van der Waals surface area contributed by atoms with Crippen molar-refractivity contribution in [3.05, 3.63) is 35.9 Å². The fourth-order valence-electron chi connectivity index (χ4n) is 3.52. The molecule has 3 rings (SSSR count). The average Bonchev–Trinajstić information content (AvgIpc) is 3.19. The van der Waals surface area contributed by atoms with E-state index in [0.29, 0.717) is 31.8 Å². The first-order valence-corrected chi connectivity index (χ1v) is 7.51. The van der Waals surface area contributed by atoms with Crippen LogP contribution in [0.4, 0.5) is 0 Å². The largest absolute Gasteiger partial charge is 0.369 e. The summed E-state index contributed by atoms with van der Waals surface area (Å²) < 4.78 is 0. The second-order valence-electron chi connectivity index (χ2n) is 7.08. The molecule has 2 fully saturated rings. The molecule has 1 heterocycles. The Morgan fingerprint density at radius 3 is 2.33 bits per heavy atom. The molecule has 1 aliphatic carbocycles. The molecule has 1 aliphatic heterocycles. The number of carbonyl (C=O) groups is 2. The molecule has 0 radical (unpaired) electrons. The molecule has 0 aromatic heterocycles. The van der Waals surface area contributed by atoms with Crippen molar-refractivity contribution in [2.24, 2.45) is 16.6 Å². The average molecular weight is 286 g/mol. The van der Waals surface area contributed by atoms with E-state index in [1.807, 2.05) is 23.1 Å². The molecule has 1 aromatic rings. The van der Waals surface area contributed by atoms with Crippen molar-refractivity contribution in [2.45, 2.75) is 32.6 Å². The van der Waals surface area contributed by atoms with E-state index < -0.39 is 11.3 Å². The van der Waals surface area contributed by atoms with Crippen LogP contribution in [0.25, 0.3) is 0 Å². The van der Waals surface area contributed by atoms with Gasteiger partial charge in [-0.05, 0) is 23.8 Å². The van der Waals surface area contributed by atoms with Gasteiger partial charge in [0.25, 0.3) is 0 Å². The van der Waals surface area contributed by atoms with Gasteiger partial charge in [0.15, 0.2) is 0 Å². The molecule has 2 aliphatic rings. The highest BCUT2D eigenvalue weighted by Gasteiger charge is 2.58. The Balaban J connectivity index is 1.83. The van der Waals surface area contributed by atoms with E-state index in [4.69, 9.17) is 5.73 Å². The minimum absolute atomic E-state index is 0.00470. The number of nitrogens with zero attached hydrogens (tertiary/aromatic N) is 1. The molecule has 112 valence electrons. The van der Waals surface area contributed by atoms with Crippen molar-refractivity contribution < 1.29 is 9.59 Å². The highest BCUT2D eigenvalue weighted by molar-refractivity contribution is 6.07. The minimum Gasteiger partial charge on any atom is -0.369 e. The third kappa shape index (κ3) is 2.23. The Labute approximate surface area is 125 Å². The maximum absolute atomic E-state index is 12.7. The number of nitrogens with two attached hydrogens (primary N) is 1. The van der Waals surface area contributed by atoms with Crippen molar-refractivity contribution in [3.8, 4) is 0 Å². The fraction of sp³-hybridized carbons (Fsp3) is 0.529. The van der Waals surface area contributed by atoms with Gasteiger partial charge in [0.2, 0.25) is 11.8 Å².